The van der Waals surface area contributed by atoms with Crippen LogP contribution in [0.2, 0.25) is 4.34 Å². The number of hydrogen-bond acceptors (Lipinski definition) is 3. The Kier molecular flexibility index (Phi) is 4.49. The van der Waals surface area contributed by atoms with Crippen molar-refractivity contribution >= 4 is 66.1 Å². The van der Waals surface area contributed by atoms with Gasteiger partial charge in [0.15, 0.2) is 0 Å². The molecule has 1 N–H and O–H groups in total. The lowest BCUT2D eigenvalue weighted by Crippen LogP contribution is -1.98. The molecule has 0 aromatic carbocycles. The Morgan fingerprint density at radius 2 is 2.12 bits per heavy atom. The summed E-state index contributed by atoms with van der Waals surface area (Å²) >= 11 is 15.8. The number of aliphatic hydroxyl groups is 1. The Morgan fingerprint density at radius 1 is 1.38 bits per heavy atom. The van der Waals surface area contributed by atoms with Crippen molar-refractivity contribution in [2.45, 2.75) is 12.5 Å². The third-order valence-corrected chi connectivity index (χ3v) is 6.59. The second-order valence-corrected chi connectivity index (χ2v) is 7.58. The molecule has 1 nitrogen and oxygen atoms in total. The van der Waals surface area contributed by atoms with Gasteiger partial charge in [0, 0.05) is 25.1 Å². The largest absolute Gasteiger partial charge is 0.387 e. The minimum Gasteiger partial charge on any atom is -0.387 e. The minimum absolute atomic E-state index is 0.497. The van der Waals surface area contributed by atoms with Gasteiger partial charge in [-0.05, 0) is 49.4 Å². The van der Waals surface area contributed by atoms with Crippen molar-refractivity contribution in [2.24, 2.45) is 0 Å². The van der Waals surface area contributed by atoms with E-state index in [-0.39, 0.29) is 0 Å². The van der Waals surface area contributed by atoms with Crippen LogP contribution in [-0.4, -0.2) is 5.11 Å². The van der Waals surface area contributed by atoms with Crippen LogP contribution >= 0.6 is 66.1 Å². The van der Waals surface area contributed by atoms with E-state index in [2.05, 4.69) is 31.9 Å². The Balaban J connectivity index is 2.14. The lowest BCUT2D eigenvalue weighted by Gasteiger charge is -2.06. The van der Waals surface area contributed by atoms with Crippen LogP contribution in [0.3, 0.4) is 0 Å². The van der Waals surface area contributed by atoms with Gasteiger partial charge in [-0.3, -0.25) is 0 Å². The molecule has 0 radical (unpaired) electrons. The van der Waals surface area contributed by atoms with Gasteiger partial charge in [-0.25, -0.2) is 0 Å². The molecule has 2 heterocycles. The van der Waals surface area contributed by atoms with Crippen molar-refractivity contribution in [3.05, 3.63) is 40.5 Å². The van der Waals surface area contributed by atoms with Crippen LogP contribution in [0.5, 0.6) is 0 Å². The fourth-order valence-corrected chi connectivity index (χ4v) is 4.55. The normalized spacial score (nSPS) is 13.0. The molecule has 0 aliphatic rings. The minimum atomic E-state index is -0.497. The van der Waals surface area contributed by atoms with E-state index < -0.39 is 6.10 Å². The van der Waals surface area contributed by atoms with E-state index in [4.69, 9.17) is 11.6 Å². The second-order valence-electron chi connectivity index (χ2n) is 3.18. The van der Waals surface area contributed by atoms with E-state index in [1.54, 1.807) is 11.3 Å². The van der Waals surface area contributed by atoms with Gasteiger partial charge in [-0.15, -0.1) is 22.7 Å². The van der Waals surface area contributed by atoms with E-state index in [0.717, 1.165) is 18.7 Å². The summed E-state index contributed by atoms with van der Waals surface area (Å²) in [6.07, 6.45) is 0.116. The molecule has 0 aliphatic heterocycles. The van der Waals surface area contributed by atoms with Gasteiger partial charge >= 0.3 is 0 Å². The van der Waals surface area contributed by atoms with Gasteiger partial charge in [-0.1, -0.05) is 11.6 Å². The summed E-state index contributed by atoms with van der Waals surface area (Å²) in [5, 5.41) is 12.1. The maximum atomic E-state index is 10.1. The highest BCUT2D eigenvalue weighted by Crippen LogP contribution is 2.37. The molecule has 86 valence electrons. The summed E-state index contributed by atoms with van der Waals surface area (Å²) < 4.78 is 2.58. The van der Waals surface area contributed by atoms with Crippen LogP contribution in [0.1, 0.15) is 15.9 Å². The first-order valence-corrected chi connectivity index (χ1v) is 8.08. The molecule has 1 atom stereocenters. The van der Waals surface area contributed by atoms with Crippen LogP contribution < -0.4 is 0 Å². The lowest BCUT2D eigenvalue weighted by molar-refractivity contribution is 0.183. The van der Waals surface area contributed by atoms with Crippen molar-refractivity contribution in [3.63, 3.8) is 0 Å². The van der Waals surface area contributed by atoms with Crippen LogP contribution in [0, 0.1) is 0 Å². The molecule has 0 bridgehead atoms. The van der Waals surface area contributed by atoms with Crippen LogP contribution in [0.4, 0.5) is 0 Å². The number of aliphatic hydroxyl groups excluding tert-OH is 1. The van der Waals surface area contributed by atoms with Crippen LogP contribution in [0.15, 0.2) is 26.5 Å². The molecule has 0 fully saturated rings. The zero-order valence-corrected chi connectivity index (χ0v) is 13.5. The zero-order chi connectivity index (χ0) is 11.7. The van der Waals surface area contributed by atoms with E-state index >= 15 is 0 Å². The Hall–Kier alpha value is 0.610. The molecule has 6 heteroatoms. The quantitative estimate of drug-likeness (QED) is 0.742. The smallest absolute Gasteiger partial charge is 0.107 e. The lowest BCUT2D eigenvalue weighted by atomic mass is 10.2. The van der Waals surface area contributed by atoms with Gasteiger partial charge in [0.05, 0.1) is 6.10 Å². The molecule has 2 aromatic heterocycles. The van der Waals surface area contributed by atoms with E-state index in [9.17, 15) is 5.11 Å². The maximum absolute atomic E-state index is 10.1. The summed E-state index contributed by atoms with van der Waals surface area (Å²) in [5.74, 6) is 0. The van der Waals surface area contributed by atoms with Gasteiger partial charge in [0.1, 0.15) is 4.34 Å². The average Bonchev–Trinajstić information content (AvgIpc) is 2.76. The second kappa shape index (κ2) is 5.50. The van der Waals surface area contributed by atoms with Crippen molar-refractivity contribution in [1.29, 1.82) is 0 Å². The van der Waals surface area contributed by atoms with Gasteiger partial charge < -0.3 is 5.11 Å². The molecule has 0 spiro atoms. The maximum Gasteiger partial charge on any atom is 0.107 e. The van der Waals surface area contributed by atoms with Crippen molar-refractivity contribution in [2.75, 3.05) is 0 Å². The summed E-state index contributed by atoms with van der Waals surface area (Å²) in [4.78, 5) is 2.03. The Labute approximate surface area is 123 Å². The summed E-state index contributed by atoms with van der Waals surface area (Å²) in [6, 6.07) is 3.86. The number of hydrogen-bond donors (Lipinski definition) is 1. The number of halogens is 3. The summed E-state index contributed by atoms with van der Waals surface area (Å²) in [5.41, 5.74) is 0. The third kappa shape index (κ3) is 2.89. The first kappa shape index (κ1) is 13.1. The molecule has 16 heavy (non-hydrogen) atoms. The molecular weight excluding hydrogens is 396 g/mol. The highest BCUT2D eigenvalue weighted by atomic mass is 79.9. The summed E-state index contributed by atoms with van der Waals surface area (Å²) in [6.45, 7) is 0. The molecule has 2 rings (SSSR count). The van der Waals surface area contributed by atoms with Gasteiger partial charge in [-0.2, -0.15) is 0 Å². The molecule has 0 saturated carbocycles. The van der Waals surface area contributed by atoms with Crippen molar-refractivity contribution in [3.8, 4) is 0 Å². The van der Waals surface area contributed by atoms with E-state index in [1.807, 2.05) is 17.5 Å². The third-order valence-electron chi connectivity index (χ3n) is 2.06. The molecule has 0 saturated heterocycles. The van der Waals surface area contributed by atoms with E-state index in [1.165, 1.54) is 11.3 Å². The average molecular weight is 403 g/mol. The topological polar surface area (TPSA) is 20.2 Å². The van der Waals surface area contributed by atoms with Gasteiger partial charge in [0.2, 0.25) is 0 Å². The molecule has 1 unspecified atom stereocenters. The molecule has 0 amide bonds. The Bertz CT molecular complexity index is 475. The number of rotatable bonds is 3. The predicted octanol–water partition coefficient (Wildman–Crippen LogP) is 5.26. The van der Waals surface area contributed by atoms with Crippen molar-refractivity contribution < 1.29 is 5.11 Å². The highest BCUT2D eigenvalue weighted by Gasteiger charge is 2.15. The standard InChI is InChI=1S/C10H7Br2ClOS2/c11-5-1-2-15-8(5)4-7(14)9-3-6(12)10(13)16-9/h1-3,7,14H,4H2. The fraction of sp³-hybridized carbons (Fsp3) is 0.200. The first-order chi connectivity index (χ1) is 7.58. The van der Waals surface area contributed by atoms with E-state index in [0.29, 0.717) is 10.8 Å². The number of thiophene rings is 2. The van der Waals surface area contributed by atoms with Gasteiger partial charge in [0.25, 0.3) is 0 Å². The Morgan fingerprint density at radius 3 is 2.62 bits per heavy atom. The van der Waals surface area contributed by atoms with Crippen molar-refractivity contribution in [1.82, 2.24) is 0 Å². The SMILES string of the molecule is OC(Cc1sccc1Br)c1cc(Br)c(Cl)s1. The monoisotopic (exact) mass is 400 g/mol. The predicted molar refractivity (Wildman–Crippen MR) is 77.7 cm³/mol. The summed E-state index contributed by atoms with van der Waals surface area (Å²) in [7, 11) is 0. The first-order valence-electron chi connectivity index (χ1n) is 4.42. The fourth-order valence-electron chi connectivity index (χ4n) is 1.27. The molecule has 2 aromatic rings. The van der Waals surface area contributed by atoms with Crippen LogP contribution in [0.25, 0.3) is 0 Å². The molecule has 0 aliphatic carbocycles. The highest BCUT2D eigenvalue weighted by molar-refractivity contribution is 9.11. The zero-order valence-electron chi connectivity index (χ0n) is 7.91. The molecular formula is C10H7Br2ClOS2. The van der Waals surface area contributed by atoms with Crippen LogP contribution in [-0.2, 0) is 6.42 Å².